The molecule has 1 N–H and O–H groups in total. The van der Waals surface area contributed by atoms with Gasteiger partial charge in [0.1, 0.15) is 0 Å². The molecule has 1 amide bonds. The molecule has 1 saturated heterocycles. The van der Waals surface area contributed by atoms with Gasteiger partial charge >= 0.3 is 0 Å². The van der Waals surface area contributed by atoms with Crippen molar-refractivity contribution in [3.63, 3.8) is 0 Å². The van der Waals surface area contributed by atoms with Crippen molar-refractivity contribution in [2.24, 2.45) is 0 Å². The molecule has 0 saturated carbocycles. The third kappa shape index (κ3) is 5.06. The summed E-state index contributed by atoms with van der Waals surface area (Å²) < 4.78 is 3.79. The number of aromatic nitrogens is 5. The third-order valence-corrected chi connectivity index (χ3v) is 9.56. The summed E-state index contributed by atoms with van der Waals surface area (Å²) >= 11 is 15.0. The van der Waals surface area contributed by atoms with Crippen molar-refractivity contribution in [1.29, 1.82) is 0 Å². The molecule has 0 spiro atoms. The van der Waals surface area contributed by atoms with Gasteiger partial charge in [0.15, 0.2) is 11.2 Å². The first kappa shape index (κ1) is 27.4. The van der Waals surface area contributed by atoms with E-state index >= 15 is 0 Å². The topological polar surface area (TPSA) is 84.1 Å². The van der Waals surface area contributed by atoms with Crippen LogP contribution in [0.25, 0.3) is 22.0 Å². The van der Waals surface area contributed by atoms with E-state index in [4.69, 9.17) is 28.3 Å². The van der Waals surface area contributed by atoms with Crippen LogP contribution in [0.3, 0.4) is 0 Å². The van der Waals surface area contributed by atoms with Crippen molar-refractivity contribution in [3.05, 3.63) is 75.9 Å². The molecule has 42 heavy (non-hydrogen) atoms. The summed E-state index contributed by atoms with van der Waals surface area (Å²) in [6.07, 6.45) is 7.21. The zero-order valence-corrected chi connectivity index (χ0v) is 25.5. The SMILES string of the molecule is CCN1CCN(c2ccc(-c3cc(Cl)c4cn(C(C(=O)Nc5nccs5)c5ncn6c5CCC6)nc4c3)cc2Cl)CC1. The van der Waals surface area contributed by atoms with Gasteiger partial charge in [-0.25, -0.2) is 9.97 Å². The maximum Gasteiger partial charge on any atom is 0.257 e. The Morgan fingerprint density at radius 2 is 1.88 bits per heavy atom. The lowest BCUT2D eigenvalue weighted by molar-refractivity contribution is -0.118. The molecule has 2 aliphatic rings. The molecule has 0 bridgehead atoms. The van der Waals surface area contributed by atoms with Crippen LogP contribution in [0.4, 0.5) is 10.8 Å². The molecule has 1 atom stereocenters. The van der Waals surface area contributed by atoms with E-state index in [2.05, 4.69) is 48.7 Å². The van der Waals surface area contributed by atoms with Crippen LogP contribution in [0.5, 0.6) is 0 Å². The van der Waals surface area contributed by atoms with Gasteiger partial charge in [-0.1, -0.05) is 36.2 Å². The Morgan fingerprint density at radius 3 is 2.64 bits per heavy atom. The van der Waals surface area contributed by atoms with Gasteiger partial charge in [-0.2, -0.15) is 5.10 Å². The summed E-state index contributed by atoms with van der Waals surface area (Å²) in [7, 11) is 0. The van der Waals surface area contributed by atoms with Crippen LogP contribution in [-0.2, 0) is 17.8 Å². The van der Waals surface area contributed by atoms with Gasteiger partial charge in [-0.3, -0.25) is 14.8 Å². The van der Waals surface area contributed by atoms with Crippen LogP contribution in [0.15, 0.2) is 54.4 Å². The number of hydrogen-bond donors (Lipinski definition) is 1. The Kier molecular flexibility index (Phi) is 7.39. The van der Waals surface area contributed by atoms with Crippen molar-refractivity contribution in [3.8, 4) is 11.1 Å². The number of piperazine rings is 1. The number of amides is 1. The molecule has 1 unspecified atom stereocenters. The minimum atomic E-state index is -0.767. The third-order valence-electron chi connectivity index (χ3n) is 8.26. The number of likely N-dealkylation sites (N-methyl/N-ethyl adjacent to an activating group) is 1. The molecule has 5 aromatic rings. The Hall–Kier alpha value is -3.44. The fourth-order valence-electron chi connectivity index (χ4n) is 6.01. The predicted octanol–water partition coefficient (Wildman–Crippen LogP) is 5.98. The van der Waals surface area contributed by atoms with Gasteiger partial charge in [0.05, 0.1) is 33.3 Å². The van der Waals surface area contributed by atoms with Crippen molar-refractivity contribution in [1.82, 2.24) is 29.2 Å². The van der Waals surface area contributed by atoms with Crippen LogP contribution < -0.4 is 10.2 Å². The largest absolute Gasteiger partial charge is 0.368 e. The average Bonchev–Trinajstić information content (AvgIpc) is 3.80. The summed E-state index contributed by atoms with van der Waals surface area (Å²) in [5.74, 6) is -0.246. The molecular formula is C30H30Cl2N8OS. The fraction of sp³-hybridized carbons (Fsp3) is 0.333. The van der Waals surface area contributed by atoms with Gasteiger partial charge in [0, 0.05) is 61.6 Å². The summed E-state index contributed by atoms with van der Waals surface area (Å²) in [6, 6.07) is 9.33. The quantitative estimate of drug-likeness (QED) is 0.241. The van der Waals surface area contributed by atoms with Gasteiger partial charge in [-0.15, -0.1) is 11.3 Å². The van der Waals surface area contributed by atoms with E-state index in [0.717, 1.165) is 80.0 Å². The van der Waals surface area contributed by atoms with Crippen LogP contribution in [0.1, 0.15) is 30.8 Å². The van der Waals surface area contributed by atoms with Crippen molar-refractivity contribution in [2.45, 2.75) is 32.4 Å². The molecule has 3 aromatic heterocycles. The fourth-order valence-corrected chi connectivity index (χ4v) is 7.10. The number of halogens is 2. The Morgan fingerprint density at radius 1 is 1.05 bits per heavy atom. The highest BCUT2D eigenvalue weighted by Gasteiger charge is 2.32. The van der Waals surface area contributed by atoms with Crippen LogP contribution in [0.2, 0.25) is 10.0 Å². The Labute approximate surface area is 257 Å². The number of fused-ring (bicyclic) bond motifs is 2. The number of carbonyl (C=O) groups excluding carboxylic acids is 1. The summed E-state index contributed by atoms with van der Waals surface area (Å²) in [5, 5.41) is 12.2. The predicted molar refractivity (Wildman–Crippen MR) is 169 cm³/mol. The molecule has 9 nitrogen and oxygen atoms in total. The zero-order valence-electron chi connectivity index (χ0n) is 23.1. The lowest BCUT2D eigenvalue weighted by atomic mass is 10.0. The van der Waals surface area contributed by atoms with Crippen LogP contribution >= 0.6 is 34.5 Å². The molecule has 2 aliphatic heterocycles. The second-order valence-electron chi connectivity index (χ2n) is 10.7. The minimum Gasteiger partial charge on any atom is -0.368 e. The molecule has 7 rings (SSSR count). The molecule has 0 radical (unpaired) electrons. The zero-order chi connectivity index (χ0) is 28.8. The molecule has 2 aromatic carbocycles. The highest BCUT2D eigenvalue weighted by atomic mass is 35.5. The Bertz CT molecular complexity index is 1760. The average molecular weight is 622 g/mol. The molecule has 12 heteroatoms. The number of benzene rings is 2. The van der Waals surface area contributed by atoms with Crippen LogP contribution in [0, 0.1) is 0 Å². The van der Waals surface area contributed by atoms with Gasteiger partial charge < -0.3 is 14.4 Å². The van der Waals surface area contributed by atoms with E-state index in [-0.39, 0.29) is 5.91 Å². The number of imidazole rings is 1. The number of nitrogens with zero attached hydrogens (tertiary/aromatic N) is 7. The first-order valence-electron chi connectivity index (χ1n) is 14.2. The number of rotatable bonds is 7. The number of aryl methyl sites for hydroxylation is 1. The summed E-state index contributed by atoms with van der Waals surface area (Å²) in [4.78, 5) is 27.4. The monoisotopic (exact) mass is 620 g/mol. The molecule has 0 aliphatic carbocycles. The number of carbonyl (C=O) groups is 1. The van der Waals surface area contributed by atoms with Crippen molar-refractivity contribution >= 4 is 62.2 Å². The van der Waals surface area contributed by atoms with Gasteiger partial charge in [0.25, 0.3) is 5.91 Å². The second kappa shape index (κ2) is 11.3. The first-order chi connectivity index (χ1) is 20.5. The summed E-state index contributed by atoms with van der Waals surface area (Å²) in [6.45, 7) is 8.15. The van der Waals surface area contributed by atoms with Crippen molar-refractivity contribution < 1.29 is 4.79 Å². The normalized spacial score (nSPS) is 16.2. The minimum absolute atomic E-state index is 0.246. The van der Waals surface area contributed by atoms with Crippen LogP contribution in [-0.4, -0.2) is 67.8 Å². The van der Waals surface area contributed by atoms with E-state index in [9.17, 15) is 4.79 Å². The van der Waals surface area contributed by atoms with E-state index in [1.807, 2.05) is 36.1 Å². The number of hydrogen-bond acceptors (Lipinski definition) is 7. The molecular weight excluding hydrogens is 591 g/mol. The number of nitrogens with one attached hydrogen (secondary N) is 1. The van der Waals surface area contributed by atoms with E-state index in [0.29, 0.717) is 26.4 Å². The standard InChI is InChI=1S/C30H30Cl2N8OS/c1-2-37-9-11-38(12-10-37)25-6-5-19(14-23(25)32)20-15-22(31)21-17-40(36-24(21)16-20)28(29(41)35-30-33-7-13-42-30)27-26-4-3-8-39(26)18-34-27/h5-7,13-18,28H,2-4,8-12H2,1H3,(H,33,35,41). The van der Waals surface area contributed by atoms with E-state index in [1.165, 1.54) is 11.3 Å². The molecule has 5 heterocycles. The summed E-state index contributed by atoms with van der Waals surface area (Å²) in [5.41, 5.74) is 5.37. The Balaban J connectivity index is 1.22. The van der Waals surface area contributed by atoms with E-state index < -0.39 is 6.04 Å². The van der Waals surface area contributed by atoms with Gasteiger partial charge in [0.2, 0.25) is 0 Å². The van der Waals surface area contributed by atoms with Gasteiger partial charge in [-0.05, 0) is 54.8 Å². The first-order valence-corrected chi connectivity index (χ1v) is 15.8. The highest BCUT2D eigenvalue weighted by molar-refractivity contribution is 7.13. The second-order valence-corrected chi connectivity index (χ2v) is 12.4. The smallest absolute Gasteiger partial charge is 0.257 e. The maximum atomic E-state index is 13.7. The maximum absolute atomic E-state index is 13.7. The van der Waals surface area contributed by atoms with Crippen molar-refractivity contribution in [2.75, 3.05) is 42.9 Å². The number of anilines is 2. The molecule has 216 valence electrons. The van der Waals surface area contributed by atoms with E-state index in [1.54, 1.807) is 10.9 Å². The highest BCUT2D eigenvalue weighted by Crippen LogP contribution is 2.36. The lowest BCUT2D eigenvalue weighted by Gasteiger charge is -2.36. The molecule has 1 fully saturated rings. The lowest BCUT2D eigenvalue weighted by Crippen LogP contribution is -2.46. The number of thiazole rings is 1.